The van der Waals surface area contributed by atoms with E-state index in [1.165, 1.54) is 33.2 Å². The maximum atomic E-state index is 4.96. The third kappa shape index (κ3) is 2.07. The molecule has 0 saturated heterocycles. The minimum absolute atomic E-state index is 1.03. The zero-order valence-corrected chi connectivity index (χ0v) is 14.3. The van der Waals surface area contributed by atoms with Gasteiger partial charge in [0.2, 0.25) is 0 Å². The van der Waals surface area contributed by atoms with E-state index in [9.17, 15) is 0 Å². The number of rotatable bonds is 1. The molecule has 0 amide bonds. The van der Waals surface area contributed by atoms with Crippen molar-refractivity contribution in [1.82, 2.24) is 9.38 Å². The van der Waals surface area contributed by atoms with Crippen LogP contribution < -0.4 is 0 Å². The van der Waals surface area contributed by atoms with Gasteiger partial charge in [0, 0.05) is 5.39 Å². The van der Waals surface area contributed by atoms with Crippen LogP contribution in [0.15, 0.2) is 72.8 Å². The molecule has 5 rings (SSSR count). The average molecular weight is 322 g/mol. The minimum Gasteiger partial charge on any atom is -0.292 e. The van der Waals surface area contributed by atoms with Gasteiger partial charge in [0.1, 0.15) is 5.65 Å². The van der Waals surface area contributed by atoms with Crippen molar-refractivity contribution in [2.45, 2.75) is 13.8 Å². The van der Waals surface area contributed by atoms with Gasteiger partial charge >= 0.3 is 0 Å². The summed E-state index contributed by atoms with van der Waals surface area (Å²) in [5, 5.41) is 2.45. The van der Waals surface area contributed by atoms with Crippen LogP contribution in [-0.2, 0) is 0 Å². The van der Waals surface area contributed by atoms with Crippen molar-refractivity contribution >= 4 is 27.5 Å². The molecular weight excluding hydrogens is 304 g/mol. The Bertz CT molecular complexity index is 1250. The fraction of sp³-hybridized carbons (Fsp3) is 0.0870. The van der Waals surface area contributed by atoms with Crippen LogP contribution in [0.25, 0.3) is 38.7 Å². The summed E-state index contributed by atoms with van der Waals surface area (Å²) in [4.78, 5) is 4.96. The number of pyridine rings is 1. The lowest BCUT2D eigenvalue weighted by atomic mass is 10.0. The first kappa shape index (κ1) is 14.2. The molecule has 0 atom stereocenters. The van der Waals surface area contributed by atoms with E-state index >= 15 is 0 Å². The molecule has 0 aliphatic heterocycles. The van der Waals surface area contributed by atoms with Crippen LogP contribution >= 0.6 is 0 Å². The second-order valence-electron chi connectivity index (χ2n) is 6.68. The highest BCUT2D eigenvalue weighted by molar-refractivity contribution is 6.01. The van der Waals surface area contributed by atoms with Gasteiger partial charge in [-0.15, -0.1) is 0 Å². The van der Waals surface area contributed by atoms with E-state index in [1.807, 2.05) is 0 Å². The number of hydrogen-bond donors (Lipinski definition) is 0. The van der Waals surface area contributed by atoms with Gasteiger partial charge in [-0.1, -0.05) is 48.5 Å². The Hall–Kier alpha value is -3.13. The Balaban J connectivity index is 2.05. The average Bonchev–Trinajstić information content (AvgIpc) is 3.03. The van der Waals surface area contributed by atoms with Gasteiger partial charge in [-0.25, -0.2) is 4.98 Å². The Morgan fingerprint density at radius 1 is 0.760 bits per heavy atom. The number of para-hydroxylation sites is 2. The van der Waals surface area contributed by atoms with Gasteiger partial charge in [0.05, 0.1) is 16.7 Å². The van der Waals surface area contributed by atoms with Crippen molar-refractivity contribution in [3.63, 3.8) is 0 Å². The molecule has 25 heavy (non-hydrogen) atoms. The monoisotopic (exact) mass is 322 g/mol. The summed E-state index contributed by atoms with van der Waals surface area (Å²) in [7, 11) is 0. The summed E-state index contributed by atoms with van der Waals surface area (Å²) in [6.45, 7) is 4.34. The summed E-state index contributed by atoms with van der Waals surface area (Å²) in [5.74, 6) is 0. The molecule has 2 heterocycles. The van der Waals surface area contributed by atoms with Crippen molar-refractivity contribution in [3.05, 3.63) is 83.9 Å². The predicted molar refractivity (Wildman–Crippen MR) is 105 cm³/mol. The Kier molecular flexibility index (Phi) is 2.95. The smallest absolute Gasteiger partial charge is 0.146 e. The first-order valence-corrected chi connectivity index (χ1v) is 8.59. The molecule has 0 radical (unpaired) electrons. The highest BCUT2D eigenvalue weighted by atomic mass is 15.0. The molecule has 120 valence electrons. The molecule has 0 spiro atoms. The van der Waals surface area contributed by atoms with Crippen LogP contribution in [0.3, 0.4) is 0 Å². The lowest BCUT2D eigenvalue weighted by Gasteiger charge is -2.12. The topological polar surface area (TPSA) is 17.3 Å². The summed E-state index contributed by atoms with van der Waals surface area (Å²) in [5.41, 5.74) is 8.21. The van der Waals surface area contributed by atoms with E-state index in [2.05, 4.69) is 91.0 Å². The maximum absolute atomic E-state index is 4.96. The maximum Gasteiger partial charge on any atom is 0.146 e. The summed E-state index contributed by atoms with van der Waals surface area (Å²) in [6.07, 6.45) is 0. The first-order valence-electron chi connectivity index (χ1n) is 8.59. The van der Waals surface area contributed by atoms with Gasteiger partial charge in [0.15, 0.2) is 0 Å². The zero-order chi connectivity index (χ0) is 17.0. The molecule has 0 fully saturated rings. The lowest BCUT2D eigenvalue weighted by molar-refractivity contribution is 1.24. The minimum atomic E-state index is 1.03. The van der Waals surface area contributed by atoms with Crippen molar-refractivity contribution in [2.75, 3.05) is 0 Å². The highest BCUT2D eigenvalue weighted by Gasteiger charge is 2.14. The van der Waals surface area contributed by atoms with E-state index in [1.54, 1.807) is 0 Å². The van der Waals surface area contributed by atoms with E-state index in [-0.39, 0.29) is 0 Å². The van der Waals surface area contributed by atoms with Gasteiger partial charge in [-0.2, -0.15) is 0 Å². The molecule has 5 aromatic rings. The number of hydrogen-bond acceptors (Lipinski definition) is 1. The molecule has 0 bridgehead atoms. The highest BCUT2D eigenvalue weighted by Crippen LogP contribution is 2.32. The normalized spacial score (nSPS) is 11.6. The summed E-state index contributed by atoms with van der Waals surface area (Å²) >= 11 is 0. The van der Waals surface area contributed by atoms with E-state index in [4.69, 9.17) is 4.98 Å². The van der Waals surface area contributed by atoms with Gasteiger partial charge < -0.3 is 0 Å². The number of aryl methyl sites for hydroxylation is 2. The van der Waals surface area contributed by atoms with Gasteiger partial charge in [-0.05, 0) is 60.2 Å². The molecule has 2 heteroatoms. The van der Waals surface area contributed by atoms with Crippen LogP contribution in [-0.4, -0.2) is 9.38 Å². The predicted octanol–water partition coefficient (Wildman–Crippen LogP) is 5.92. The van der Waals surface area contributed by atoms with Crippen molar-refractivity contribution in [1.29, 1.82) is 0 Å². The number of imidazole rings is 1. The SMILES string of the molecule is Cc1cc2cc(-c3ccccc3)n3c4ccccc4nc3c2cc1C. The van der Waals surface area contributed by atoms with Gasteiger partial charge in [0.25, 0.3) is 0 Å². The Morgan fingerprint density at radius 3 is 2.32 bits per heavy atom. The van der Waals surface area contributed by atoms with Crippen LogP contribution in [0.2, 0.25) is 0 Å². The van der Waals surface area contributed by atoms with E-state index in [0.717, 1.165) is 16.7 Å². The van der Waals surface area contributed by atoms with Crippen molar-refractivity contribution < 1.29 is 0 Å². The number of benzene rings is 3. The molecule has 0 unspecified atom stereocenters. The second kappa shape index (κ2) is 5.18. The first-order chi connectivity index (χ1) is 12.2. The van der Waals surface area contributed by atoms with Crippen LogP contribution in [0, 0.1) is 13.8 Å². The third-order valence-electron chi connectivity index (χ3n) is 5.07. The molecule has 0 N–H and O–H groups in total. The van der Waals surface area contributed by atoms with Gasteiger partial charge in [-0.3, -0.25) is 4.40 Å². The largest absolute Gasteiger partial charge is 0.292 e. The number of fused-ring (bicyclic) bond motifs is 5. The fourth-order valence-electron chi connectivity index (χ4n) is 3.64. The van der Waals surface area contributed by atoms with Crippen LogP contribution in [0.1, 0.15) is 11.1 Å². The molecule has 3 aromatic carbocycles. The number of aromatic nitrogens is 2. The molecular formula is C23H18N2. The van der Waals surface area contributed by atoms with Crippen molar-refractivity contribution in [3.8, 4) is 11.3 Å². The quantitative estimate of drug-likeness (QED) is 0.374. The van der Waals surface area contributed by atoms with E-state index in [0.29, 0.717) is 0 Å². The third-order valence-corrected chi connectivity index (χ3v) is 5.07. The molecule has 0 aliphatic rings. The van der Waals surface area contributed by atoms with Crippen LogP contribution in [0.4, 0.5) is 0 Å². The second-order valence-corrected chi connectivity index (χ2v) is 6.68. The van der Waals surface area contributed by atoms with E-state index < -0.39 is 0 Å². The summed E-state index contributed by atoms with van der Waals surface area (Å²) in [6, 6.07) is 25.8. The van der Waals surface area contributed by atoms with Crippen molar-refractivity contribution in [2.24, 2.45) is 0 Å². The Morgan fingerprint density at radius 2 is 1.48 bits per heavy atom. The molecule has 2 aromatic heterocycles. The standard InChI is InChI=1S/C23H18N2/c1-15-12-18-14-22(17-8-4-3-5-9-17)25-21-11-7-6-10-20(21)24-23(25)19(18)13-16(15)2/h3-14H,1-2H3. The molecule has 2 nitrogen and oxygen atoms in total. The Labute approximate surface area is 146 Å². The zero-order valence-electron chi connectivity index (χ0n) is 14.3. The fourth-order valence-corrected chi connectivity index (χ4v) is 3.64. The van der Waals surface area contributed by atoms with Crippen LogP contribution in [0.5, 0.6) is 0 Å². The summed E-state index contributed by atoms with van der Waals surface area (Å²) < 4.78 is 2.29. The molecule has 0 aliphatic carbocycles. The lowest BCUT2D eigenvalue weighted by Crippen LogP contribution is -1.95. The molecule has 0 saturated carbocycles. The number of nitrogens with zero attached hydrogens (tertiary/aromatic N) is 2.